The summed E-state index contributed by atoms with van der Waals surface area (Å²) in [6.07, 6.45) is 5.56. The third-order valence-corrected chi connectivity index (χ3v) is 2.58. The molecule has 0 spiro atoms. The van der Waals surface area contributed by atoms with Gasteiger partial charge in [0.2, 0.25) is 0 Å². The topological polar surface area (TPSA) is 0 Å². The lowest BCUT2D eigenvalue weighted by molar-refractivity contribution is 0.441. The van der Waals surface area contributed by atoms with Gasteiger partial charge in [0, 0.05) is 0 Å². The van der Waals surface area contributed by atoms with Gasteiger partial charge in [-0.2, -0.15) is 0 Å². The van der Waals surface area contributed by atoms with Crippen molar-refractivity contribution in [1.82, 2.24) is 0 Å². The fraction of sp³-hybridized carbons (Fsp3) is 0.833. The Balaban J connectivity index is 0.000000561. The quantitative estimate of drug-likeness (QED) is 0.465. The van der Waals surface area contributed by atoms with Crippen LogP contribution in [-0.2, 0) is 0 Å². The van der Waals surface area contributed by atoms with E-state index in [1.54, 1.807) is 11.1 Å². The van der Waals surface area contributed by atoms with E-state index in [2.05, 4.69) is 20.8 Å². The Morgan fingerprint density at radius 3 is 1.83 bits per heavy atom. The first kappa shape index (κ1) is 11.7. The van der Waals surface area contributed by atoms with Crippen LogP contribution in [0, 0.1) is 5.92 Å². The molecule has 1 saturated carbocycles. The van der Waals surface area contributed by atoms with E-state index >= 15 is 0 Å². The zero-order chi connectivity index (χ0) is 9.56. The van der Waals surface area contributed by atoms with Crippen LogP contribution in [0.3, 0.4) is 0 Å². The van der Waals surface area contributed by atoms with Crippen molar-refractivity contribution in [2.45, 2.75) is 60.3 Å². The maximum absolute atomic E-state index is 2.36. The zero-order valence-corrected chi connectivity index (χ0v) is 9.41. The van der Waals surface area contributed by atoms with Crippen LogP contribution in [0.15, 0.2) is 11.1 Å². The van der Waals surface area contributed by atoms with E-state index in [4.69, 9.17) is 0 Å². The van der Waals surface area contributed by atoms with Gasteiger partial charge in [-0.25, -0.2) is 0 Å². The molecule has 0 unspecified atom stereocenters. The normalized spacial score (nSPS) is 22.8. The van der Waals surface area contributed by atoms with Gasteiger partial charge in [0.1, 0.15) is 0 Å². The van der Waals surface area contributed by atoms with Gasteiger partial charge in [-0.05, 0) is 45.4 Å². The third kappa shape index (κ3) is 3.94. The van der Waals surface area contributed by atoms with Crippen molar-refractivity contribution in [3.8, 4) is 0 Å². The molecular formula is C12H24. The molecule has 1 aliphatic rings. The SMILES string of the molecule is CC.CC(C)=C1CCC(C)CC1. The van der Waals surface area contributed by atoms with Crippen LogP contribution in [0.2, 0.25) is 0 Å². The predicted molar refractivity (Wildman–Crippen MR) is 57.4 cm³/mol. The Kier molecular flexibility index (Phi) is 6.14. The molecule has 0 aromatic rings. The minimum absolute atomic E-state index is 0.975. The van der Waals surface area contributed by atoms with Crippen LogP contribution >= 0.6 is 0 Å². The predicted octanol–water partition coefficient (Wildman–Crippen LogP) is 4.56. The van der Waals surface area contributed by atoms with E-state index < -0.39 is 0 Å². The van der Waals surface area contributed by atoms with Gasteiger partial charge in [-0.1, -0.05) is 31.9 Å². The molecular weight excluding hydrogens is 144 g/mol. The first-order valence-corrected chi connectivity index (χ1v) is 5.35. The molecule has 0 aromatic heterocycles. The molecule has 12 heavy (non-hydrogen) atoms. The molecule has 0 heteroatoms. The Bertz CT molecular complexity index is 128. The fourth-order valence-corrected chi connectivity index (χ4v) is 1.61. The molecule has 0 nitrogen and oxygen atoms in total. The van der Waals surface area contributed by atoms with Crippen molar-refractivity contribution in [2.24, 2.45) is 5.92 Å². The summed E-state index contributed by atoms with van der Waals surface area (Å²) in [6, 6.07) is 0. The second kappa shape index (κ2) is 6.28. The highest BCUT2D eigenvalue weighted by Crippen LogP contribution is 2.29. The first-order valence-electron chi connectivity index (χ1n) is 5.35. The second-order valence-corrected chi connectivity index (χ2v) is 3.79. The minimum Gasteiger partial charge on any atom is -0.0772 e. The van der Waals surface area contributed by atoms with E-state index in [1.807, 2.05) is 13.8 Å². The van der Waals surface area contributed by atoms with Crippen molar-refractivity contribution < 1.29 is 0 Å². The molecule has 0 aliphatic heterocycles. The summed E-state index contributed by atoms with van der Waals surface area (Å²) in [5.41, 5.74) is 3.28. The molecule has 0 heterocycles. The Morgan fingerprint density at radius 2 is 1.50 bits per heavy atom. The fourth-order valence-electron chi connectivity index (χ4n) is 1.61. The molecule has 1 fully saturated rings. The summed E-state index contributed by atoms with van der Waals surface area (Å²) >= 11 is 0. The summed E-state index contributed by atoms with van der Waals surface area (Å²) < 4.78 is 0. The van der Waals surface area contributed by atoms with Crippen molar-refractivity contribution in [1.29, 1.82) is 0 Å². The van der Waals surface area contributed by atoms with Crippen molar-refractivity contribution in [3.05, 3.63) is 11.1 Å². The molecule has 1 rings (SSSR count). The lowest BCUT2D eigenvalue weighted by Crippen LogP contribution is -2.04. The smallest absolute Gasteiger partial charge is 0.0315 e. The standard InChI is InChI=1S/C10H18.C2H6/c1-8(2)10-6-4-9(3)5-7-10;1-2/h9H,4-7H2,1-3H3;1-2H3. The monoisotopic (exact) mass is 168 g/mol. The summed E-state index contributed by atoms with van der Waals surface area (Å²) in [5, 5.41) is 0. The zero-order valence-electron chi connectivity index (χ0n) is 9.41. The Labute approximate surface area is 78.1 Å². The van der Waals surface area contributed by atoms with Gasteiger partial charge in [0.25, 0.3) is 0 Å². The highest BCUT2D eigenvalue weighted by atomic mass is 14.2. The van der Waals surface area contributed by atoms with Gasteiger partial charge in [0.05, 0.1) is 0 Å². The summed E-state index contributed by atoms with van der Waals surface area (Å²) in [7, 11) is 0. The van der Waals surface area contributed by atoms with Crippen LogP contribution in [0.4, 0.5) is 0 Å². The number of hydrogen-bond acceptors (Lipinski definition) is 0. The summed E-state index contributed by atoms with van der Waals surface area (Å²) in [6.45, 7) is 10.8. The largest absolute Gasteiger partial charge is 0.0772 e. The van der Waals surface area contributed by atoms with E-state index in [9.17, 15) is 0 Å². The van der Waals surface area contributed by atoms with Crippen LogP contribution in [-0.4, -0.2) is 0 Å². The van der Waals surface area contributed by atoms with Gasteiger partial charge < -0.3 is 0 Å². The van der Waals surface area contributed by atoms with Crippen molar-refractivity contribution in [2.75, 3.05) is 0 Å². The highest BCUT2D eigenvalue weighted by Gasteiger charge is 2.12. The van der Waals surface area contributed by atoms with Crippen molar-refractivity contribution >= 4 is 0 Å². The molecule has 0 aromatic carbocycles. The number of rotatable bonds is 0. The van der Waals surface area contributed by atoms with Gasteiger partial charge in [0.15, 0.2) is 0 Å². The Morgan fingerprint density at radius 1 is 1.08 bits per heavy atom. The van der Waals surface area contributed by atoms with Crippen LogP contribution in [0.5, 0.6) is 0 Å². The maximum atomic E-state index is 2.36. The molecule has 0 radical (unpaired) electrons. The number of hydrogen-bond donors (Lipinski definition) is 0. The maximum Gasteiger partial charge on any atom is -0.0315 e. The molecule has 0 N–H and O–H groups in total. The van der Waals surface area contributed by atoms with Gasteiger partial charge >= 0.3 is 0 Å². The van der Waals surface area contributed by atoms with Crippen LogP contribution in [0.1, 0.15) is 60.3 Å². The van der Waals surface area contributed by atoms with E-state index in [0.29, 0.717) is 0 Å². The molecule has 0 amide bonds. The van der Waals surface area contributed by atoms with E-state index in [-0.39, 0.29) is 0 Å². The highest BCUT2D eigenvalue weighted by molar-refractivity contribution is 5.11. The van der Waals surface area contributed by atoms with Crippen molar-refractivity contribution in [3.63, 3.8) is 0 Å². The van der Waals surface area contributed by atoms with Crippen LogP contribution < -0.4 is 0 Å². The lowest BCUT2D eigenvalue weighted by atomic mass is 9.85. The molecule has 0 saturated heterocycles. The lowest BCUT2D eigenvalue weighted by Gasteiger charge is -2.21. The number of allylic oxidation sites excluding steroid dienone is 2. The first-order chi connectivity index (χ1) is 5.70. The summed E-state index contributed by atoms with van der Waals surface area (Å²) in [4.78, 5) is 0. The Hall–Kier alpha value is -0.260. The average molecular weight is 168 g/mol. The minimum atomic E-state index is 0.975. The van der Waals surface area contributed by atoms with Gasteiger partial charge in [-0.3, -0.25) is 0 Å². The molecule has 0 bridgehead atoms. The van der Waals surface area contributed by atoms with Crippen LogP contribution in [0.25, 0.3) is 0 Å². The molecule has 1 aliphatic carbocycles. The summed E-state index contributed by atoms with van der Waals surface area (Å²) in [5.74, 6) is 0.975. The van der Waals surface area contributed by atoms with Gasteiger partial charge in [-0.15, -0.1) is 0 Å². The molecule has 72 valence electrons. The molecule has 0 atom stereocenters. The third-order valence-electron chi connectivity index (χ3n) is 2.58. The second-order valence-electron chi connectivity index (χ2n) is 3.79. The van der Waals surface area contributed by atoms with E-state index in [0.717, 1.165) is 5.92 Å². The average Bonchev–Trinajstić information content (AvgIpc) is 2.09. The van der Waals surface area contributed by atoms with E-state index in [1.165, 1.54) is 25.7 Å².